The Balaban J connectivity index is 4.19. The molecule has 0 saturated carbocycles. The smallest absolute Gasteiger partial charge is 0.158 e. The third-order valence-electron chi connectivity index (χ3n) is 2.31. The van der Waals surface area contributed by atoms with Gasteiger partial charge in [-0.25, -0.2) is 0 Å². The van der Waals surface area contributed by atoms with Crippen molar-refractivity contribution in [3.63, 3.8) is 0 Å². The lowest BCUT2D eigenvalue weighted by Gasteiger charge is -2.28. The van der Waals surface area contributed by atoms with Crippen LogP contribution in [0.25, 0.3) is 0 Å². The van der Waals surface area contributed by atoms with Gasteiger partial charge in [-0.2, -0.15) is 0 Å². The first-order valence-corrected chi connectivity index (χ1v) is 4.70. The van der Waals surface area contributed by atoms with Crippen molar-refractivity contribution in [1.29, 1.82) is 0 Å². The molecule has 0 bridgehead atoms. The van der Waals surface area contributed by atoms with Crippen molar-refractivity contribution in [2.45, 2.75) is 32.1 Å². The van der Waals surface area contributed by atoms with Gasteiger partial charge < -0.3 is 20.3 Å². The van der Waals surface area contributed by atoms with E-state index in [4.69, 9.17) is 9.84 Å². The fourth-order valence-electron chi connectivity index (χ4n) is 1.49. The summed E-state index contributed by atoms with van der Waals surface area (Å²) in [5.74, 6) is -0.0509. The molecule has 0 aliphatic heterocycles. The molecule has 0 aliphatic rings. The van der Waals surface area contributed by atoms with Gasteiger partial charge in [0.2, 0.25) is 0 Å². The lowest BCUT2D eigenvalue weighted by Crippen LogP contribution is -2.43. The fourth-order valence-corrected chi connectivity index (χ4v) is 1.49. The summed E-state index contributed by atoms with van der Waals surface area (Å²) in [7, 11) is 3.24. The van der Waals surface area contributed by atoms with Crippen LogP contribution in [0, 0.1) is 5.92 Å². The minimum absolute atomic E-state index is 0.0155. The Morgan fingerprint density at radius 1 is 1.46 bits per heavy atom. The highest BCUT2D eigenvalue weighted by Gasteiger charge is 2.25. The Bertz CT molecular complexity index is 117. The highest BCUT2D eigenvalue weighted by molar-refractivity contribution is 4.76. The standard InChI is InChI=1S/C9H21NO3/c1-4-5-7(9(12)13-3)8(6-11)10-2/h7-12H,4-6H2,1-3H3. The van der Waals surface area contributed by atoms with Crippen molar-refractivity contribution >= 4 is 0 Å². The molecule has 80 valence electrons. The van der Waals surface area contributed by atoms with Crippen LogP contribution < -0.4 is 5.32 Å². The van der Waals surface area contributed by atoms with Gasteiger partial charge in [-0.15, -0.1) is 0 Å². The Kier molecular flexibility index (Phi) is 7.17. The molecule has 4 nitrogen and oxygen atoms in total. The maximum Gasteiger partial charge on any atom is 0.158 e. The normalized spacial score (nSPS) is 18.2. The molecule has 0 heterocycles. The minimum atomic E-state index is -0.801. The van der Waals surface area contributed by atoms with Crippen molar-refractivity contribution in [3.05, 3.63) is 0 Å². The number of rotatable bonds is 7. The van der Waals surface area contributed by atoms with E-state index in [1.165, 1.54) is 7.11 Å². The fraction of sp³-hybridized carbons (Fsp3) is 1.00. The molecule has 13 heavy (non-hydrogen) atoms. The molecule has 3 atom stereocenters. The molecule has 0 fully saturated rings. The molecule has 0 aromatic rings. The van der Waals surface area contributed by atoms with Gasteiger partial charge >= 0.3 is 0 Å². The van der Waals surface area contributed by atoms with Gasteiger partial charge in [0.05, 0.1) is 6.61 Å². The van der Waals surface area contributed by atoms with E-state index in [1.54, 1.807) is 7.05 Å². The van der Waals surface area contributed by atoms with E-state index in [1.807, 2.05) is 6.92 Å². The van der Waals surface area contributed by atoms with E-state index in [9.17, 15) is 5.11 Å². The zero-order valence-electron chi connectivity index (χ0n) is 8.66. The number of nitrogens with one attached hydrogen (secondary N) is 1. The van der Waals surface area contributed by atoms with E-state index in [0.29, 0.717) is 0 Å². The molecule has 0 amide bonds. The van der Waals surface area contributed by atoms with Crippen molar-refractivity contribution in [3.8, 4) is 0 Å². The minimum Gasteiger partial charge on any atom is -0.395 e. The zero-order valence-corrected chi connectivity index (χ0v) is 8.66. The molecule has 0 rings (SSSR count). The van der Waals surface area contributed by atoms with E-state index < -0.39 is 6.29 Å². The summed E-state index contributed by atoms with van der Waals surface area (Å²) in [6, 6.07) is -0.102. The average molecular weight is 191 g/mol. The van der Waals surface area contributed by atoms with Gasteiger partial charge in [0, 0.05) is 19.1 Å². The van der Waals surface area contributed by atoms with Crippen LogP contribution >= 0.6 is 0 Å². The molecule has 0 aromatic heterocycles. The molecule has 0 radical (unpaired) electrons. The molecule has 4 heteroatoms. The first-order chi connectivity index (χ1) is 6.21. The van der Waals surface area contributed by atoms with Crippen LogP contribution in [0.1, 0.15) is 19.8 Å². The van der Waals surface area contributed by atoms with Crippen LogP contribution in [-0.2, 0) is 4.74 Å². The van der Waals surface area contributed by atoms with Crippen LogP contribution in [0.2, 0.25) is 0 Å². The largest absolute Gasteiger partial charge is 0.395 e. The van der Waals surface area contributed by atoms with Gasteiger partial charge in [-0.3, -0.25) is 0 Å². The number of likely N-dealkylation sites (N-methyl/N-ethyl adjacent to an activating group) is 1. The first-order valence-electron chi connectivity index (χ1n) is 4.70. The van der Waals surface area contributed by atoms with Crippen molar-refractivity contribution in [1.82, 2.24) is 5.32 Å². The molecular formula is C9H21NO3. The second-order valence-corrected chi connectivity index (χ2v) is 3.16. The van der Waals surface area contributed by atoms with Gasteiger partial charge in [-0.05, 0) is 13.5 Å². The molecule has 0 aromatic carbocycles. The van der Waals surface area contributed by atoms with Crippen LogP contribution in [0.4, 0.5) is 0 Å². The number of methoxy groups -OCH3 is 1. The topological polar surface area (TPSA) is 61.7 Å². The summed E-state index contributed by atoms with van der Waals surface area (Å²) >= 11 is 0. The predicted molar refractivity (Wildman–Crippen MR) is 51.3 cm³/mol. The summed E-state index contributed by atoms with van der Waals surface area (Å²) in [6.07, 6.45) is 0.995. The summed E-state index contributed by atoms with van der Waals surface area (Å²) < 4.78 is 4.85. The van der Waals surface area contributed by atoms with E-state index in [2.05, 4.69) is 5.32 Å². The first kappa shape index (κ1) is 12.8. The quantitative estimate of drug-likeness (QED) is 0.494. The molecule has 3 N–H and O–H groups in total. The molecule has 0 spiro atoms. The molecule has 0 saturated heterocycles. The van der Waals surface area contributed by atoms with Crippen molar-refractivity contribution in [2.24, 2.45) is 5.92 Å². The summed E-state index contributed by atoms with van der Waals surface area (Å²) in [4.78, 5) is 0. The lowest BCUT2D eigenvalue weighted by atomic mass is 9.94. The molecule has 0 aliphatic carbocycles. The predicted octanol–water partition coefficient (Wildman–Crippen LogP) is -0.0522. The van der Waals surface area contributed by atoms with Gasteiger partial charge in [0.25, 0.3) is 0 Å². The van der Waals surface area contributed by atoms with Gasteiger partial charge in [-0.1, -0.05) is 13.3 Å². The van der Waals surface area contributed by atoms with Crippen molar-refractivity contribution < 1.29 is 14.9 Å². The zero-order chi connectivity index (χ0) is 10.3. The number of ether oxygens (including phenoxy) is 1. The maximum absolute atomic E-state index is 9.51. The lowest BCUT2D eigenvalue weighted by molar-refractivity contribution is -0.125. The number of hydrogen-bond acceptors (Lipinski definition) is 4. The average Bonchev–Trinajstić information content (AvgIpc) is 2.17. The van der Waals surface area contributed by atoms with E-state index >= 15 is 0 Å². The maximum atomic E-state index is 9.51. The Morgan fingerprint density at radius 2 is 2.08 bits per heavy atom. The van der Waals surface area contributed by atoms with E-state index in [-0.39, 0.29) is 18.6 Å². The Morgan fingerprint density at radius 3 is 2.38 bits per heavy atom. The highest BCUT2D eigenvalue weighted by Crippen LogP contribution is 2.16. The summed E-state index contributed by atoms with van der Waals surface area (Å²) in [5, 5.41) is 21.5. The van der Waals surface area contributed by atoms with Crippen LogP contribution in [0.5, 0.6) is 0 Å². The number of hydrogen-bond donors (Lipinski definition) is 3. The number of aliphatic hydroxyl groups excluding tert-OH is 2. The Hall–Kier alpha value is -0.160. The summed E-state index contributed by atoms with van der Waals surface area (Å²) in [5.41, 5.74) is 0. The second-order valence-electron chi connectivity index (χ2n) is 3.16. The van der Waals surface area contributed by atoms with Gasteiger partial charge in [0.1, 0.15) is 0 Å². The van der Waals surface area contributed by atoms with E-state index in [0.717, 1.165) is 12.8 Å². The number of aliphatic hydroxyl groups is 2. The monoisotopic (exact) mass is 191 g/mol. The molecular weight excluding hydrogens is 170 g/mol. The van der Waals surface area contributed by atoms with Crippen molar-refractivity contribution in [2.75, 3.05) is 20.8 Å². The van der Waals surface area contributed by atoms with Gasteiger partial charge in [0.15, 0.2) is 6.29 Å². The SMILES string of the molecule is CCCC(C(CO)NC)C(O)OC. The third-order valence-corrected chi connectivity index (χ3v) is 2.31. The highest BCUT2D eigenvalue weighted by atomic mass is 16.6. The van der Waals surface area contributed by atoms with Crippen LogP contribution in [0.15, 0.2) is 0 Å². The molecule has 3 unspecified atom stereocenters. The van der Waals surface area contributed by atoms with Crippen LogP contribution in [-0.4, -0.2) is 43.3 Å². The summed E-state index contributed by atoms with van der Waals surface area (Å²) in [6.45, 7) is 2.06. The third kappa shape index (κ3) is 4.04. The second kappa shape index (κ2) is 7.26. The van der Waals surface area contributed by atoms with Crippen LogP contribution in [0.3, 0.4) is 0 Å². The Labute approximate surface area is 79.9 Å².